The van der Waals surface area contributed by atoms with Crippen molar-refractivity contribution in [3.8, 4) is 0 Å². The number of rotatable bonds is 2. The molecule has 12 heavy (non-hydrogen) atoms. The Morgan fingerprint density at radius 1 is 1.42 bits per heavy atom. The summed E-state index contributed by atoms with van der Waals surface area (Å²) in [7, 11) is 0. The first-order valence-corrected chi connectivity index (χ1v) is 4.27. The Kier molecular flexibility index (Phi) is 2.11. The van der Waals surface area contributed by atoms with E-state index in [1.54, 1.807) is 0 Å². The van der Waals surface area contributed by atoms with E-state index in [0.717, 1.165) is 13.2 Å². The summed E-state index contributed by atoms with van der Waals surface area (Å²) in [5.41, 5.74) is 8.12. The minimum absolute atomic E-state index is 0.608. The molecule has 0 spiro atoms. The predicted octanol–water partition coefficient (Wildman–Crippen LogP) is 1.26. The van der Waals surface area contributed by atoms with Crippen LogP contribution in [0.15, 0.2) is 24.3 Å². The van der Waals surface area contributed by atoms with Gasteiger partial charge in [0.2, 0.25) is 0 Å². The van der Waals surface area contributed by atoms with Crippen molar-refractivity contribution in [2.24, 2.45) is 5.73 Å². The summed E-state index contributed by atoms with van der Waals surface area (Å²) in [4.78, 5) is 0. The normalized spacial score (nSPS) is 17.4. The fourth-order valence-electron chi connectivity index (χ4n) is 1.40. The first-order chi connectivity index (χ1) is 5.90. The second kappa shape index (κ2) is 3.25. The van der Waals surface area contributed by atoms with Crippen LogP contribution < -0.4 is 5.73 Å². The third kappa shape index (κ3) is 1.36. The molecule has 0 aromatic heterocycles. The van der Waals surface area contributed by atoms with Gasteiger partial charge in [0.15, 0.2) is 0 Å². The van der Waals surface area contributed by atoms with Crippen molar-refractivity contribution >= 4 is 0 Å². The lowest BCUT2D eigenvalue weighted by molar-refractivity contribution is 0.00840. The van der Waals surface area contributed by atoms with Crippen LogP contribution >= 0.6 is 0 Å². The van der Waals surface area contributed by atoms with Crippen LogP contribution in [0, 0.1) is 0 Å². The van der Waals surface area contributed by atoms with Gasteiger partial charge in [0.1, 0.15) is 0 Å². The van der Waals surface area contributed by atoms with Gasteiger partial charge in [-0.05, 0) is 11.1 Å². The molecule has 0 bridgehead atoms. The molecule has 2 nitrogen and oxygen atoms in total. The highest BCUT2D eigenvalue weighted by atomic mass is 16.5. The van der Waals surface area contributed by atoms with Gasteiger partial charge in [-0.2, -0.15) is 0 Å². The average Bonchev–Trinajstić information content (AvgIpc) is 2.02. The number of hydrogen-bond acceptors (Lipinski definition) is 2. The SMILES string of the molecule is NCc1cccc(C2COC2)c1. The molecule has 2 heteroatoms. The molecular weight excluding hydrogens is 150 g/mol. The maximum Gasteiger partial charge on any atom is 0.0557 e. The lowest BCUT2D eigenvalue weighted by atomic mass is 9.96. The first kappa shape index (κ1) is 7.77. The first-order valence-electron chi connectivity index (χ1n) is 4.27. The Morgan fingerprint density at radius 3 is 2.83 bits per heavy atom. The second-order valence-electron chi connectivity index (χ2n) is 3.18. The van der Waals surface area contributed by atoms with Crippen molar-refractivity contribution in [2.45, 2.75) is 12.5 Å². The Bertz CT molecular complexity index is 268. The van der Waals surface area contributed by atoms with Crippen molar-refractivity contribution in [3.05, 3.63) is 35.4 Å². The van der Waals surface area contributed by atoms with Gasteiger partial charge in [0.05, 0.1) is 13.2 Å². The zero-order valence-electron chi connectivity index (χ0n) is 6.99. The van der Waals surface area contributed by atoms with Gasteiger partial charge in [-0.15, -0.1) is 0 Å². The topological polar surface area (TPSA) is 35.2 Å². The van der Waals surface area contributed by atoms with Gasteiger partial charge >= 0.3 is 0 Å². The van der Waals surface area contributed by atoms with Crippen molar-refractivity contribution in [3.63, 3.8) is 0 Å². The van der Waals surface area contributed by atoms with Gasteiger partial charge in [-0.3, -0.25) is 0 Å². The second-order valence-corrected chi connectivity index (χ2v) is 3.18. The Hall–Kier alpha value is -0.860. The molecule has 1 saturated heterocycles. The van der Waals surface area contributed by atoms with E-state index in [0.29, 0.717) is 12.5 Å². The molecule has 64 valence electrons. The molecule has 0 atom stereocenters. The molecule has 1 aliphatic rings. The minimum atomic E-state index is 0.608. The third-order valence-corrected chi connectivity index (χ3v) is 2.30. The smallest absolute Gasteiger partial charge is 0.0557 e. The average molecular weight is 163 g/mol. The molecule has 1 fully saturated rings. The highest BCUT2D eigenvalue weighted by Crippen LogP contribution is 2.24. The van der Waals surface area contributed by atoms with Crippen LogP contribution in [-0.2, 0) is 11.3 Å². The molecule has 2 N–H and O–H groups in total. The lowest BCUT2D eigenvalue weighted by Gasteiger charge is -2.26. The maximum atomic E-state index is 5.55. The van der Waals surface area contributed by atoms with Crippen LogP contribution in [-0.4, -0.2) is 13.2 Å². The summed E-state index contributed by atoms with van der Waals surface area (Å²) in [6.45, 7) is 2.36. The van der Waals surface area contributed by atoms with Crippen LogP contribution in [0.5, 0.6) is 0 Å². The third-order valence-electron chi connectivity index (χ3n) is 2.30. The van der Waals surface area contributed by atoms with Crippen LogP contribution in [0.4, 0.5) is 0 Å². The summed E-state index contributed by atoms with van der Waals surface area (Å²) < 4.78 is 5.13. The summed E-state index contributed by atoms with van der Waals surface area (Å²) in [5, 5.41) is 0. The minimum Gasteiger partial charge on any atom is -0.380 e. The molecule has 1 aliphatic heterocycles. The lowest BCUT2D eigenvalue weighted by Crippen LogP contribution is -2.25. The molecule has 1 aromatic carbocycles. The van der Waals surface area contributed by atoms with E-state index < -0.39 is 0 Å². The molecule has 1 aromatic rings. The monoisotopic (exact) mass is 163 g/mol. The van der Waals surface area contributed by atoms with Crippen LogP contribution in [0.25, 0.3) is 0 Å². The van der Waals surface area contributed by atoms with E-state index in [1.165, 1.54) is 11.1 Å². The van der Waals surface area contributed by atoms with E-state index in [2.05, 4.69) is 24.3 Å². The molecule has 1 heterocycles. The van der Waals surface area contributed by atoms with E-state index >= 15 is 0 Å². The molecular formula is C10H13NO. The summed E-state index contributed by atoms with van der Waals surface area (Å²) in [5.74, 6) is 0.608. The van der Waals surface area contributed by atoms with Crippen LogP contribution in [0.3, 0.4) is 0 Å². The number of hydrogen-bond donors (Lipinski definition) is 1. The largest absolute Gasteiger partial charge is 0.380 e. The number of nitrogens with two attached hydrogens (primary N) is 1. The fourth-order valence-corrected chi connectivity index (χ4v) is 1.40. The molecule has 0 unspecified atom stereocenters. The molecule has 0 aliphatic carbocycles. The summed E-state index contributed by atoms with van der Waals surface area (Å²) in [6, 6.07) is 8.44. The standard InChI is InChI=1S/C10H13NO/c11-5-8-2-1-3-9(4-8)10-6-12-7-10/h1-4,10H,5-7,11H2. The van der Waals surface area contributed by atoms with E-state index in [-0.39, 0.29) is 0 Å². The highest BCUT2D eigenvalue weighted by Gasteiger charge is 2.19. The molecule has 0 amide bonds. The van der Waals surface area contributed by atoms with Crippen molar-refractivity contribution in [1.29, 1.82) is 0 Å². The van der Waals surface area contributed by atoms with Gasteiger partial charge in [-0.1, -0.05) is 24.3 Å². The zero-order valence-corrected chi connectivity index (χ0v) is 6.99. The quantitative estimate of drug-likeness (QED) is 0.712. The van der Waals surface area contributed by atoms with E-state index in [9.17, 15) is 0 Å². The Balaban J connectivity index is 2.19. The van der Waals surface area contributed by atoms with Crippen molar-refractivity contribution in [2.75, 3.05) is 13.2 Å². The number of ether oxygens (including phenoxy) is 1. The Labute approximate surface area is 72.3 Å². The fraction of sp³-hybridized carbons (Fsp3) is 0.400. The highest BCUT2D eigenvalue weighted by molar-refractivity contribution is 5.27. The van der Waals surface area contributed by atoms with Crippen molar-refractivity contribution in [1.82, 2.24) is 0 Å². The van der Waals surface area contributed by atoms with Crippen LogP contribution in [0.2, 0.25) is 0 Å². The van der Waals surface area contributed by atoms with E-state index in [4.69, 9.17) is 10.5 Å². The Morgan fingerprint density at radius 2 is 2.25 bits per heavy atom. The van der Waals surface area contributed by atoms with Crippen LogP contribution in [0.1, 0.15) is 17.0 Å². The molecule has 2 rings (SSSR count). The summed E-state index contributed by atoms with van der Waals surface area (Å²) in [6.07, 6.45) is 0. The molecule has 0 saturated carbocycles. The van der Waals surface area contributed by atoms with Gasteiger partial charge in [0.25, 0.3) is 0 Å². The number of benzene rings is 1. The van der Waals surface area contributed by atoms with E-state index in [1.807, 2.05) is 0 Å². The maximum absolute atomic E-state index is 5.55. The van der Waals surface area contributed by atoms with Gasteiger partial charge in [-0.25, -0.2) is 0 Å². The van der Waals surface area contributed by atoms with Crippen molar-refractivity contribution < 1.29 is 4.74 Å². The van der Waals surface area contributed by atoms with Gasteiger partial charge < -0.3 is 10.5 Å². The summed E-state index contributed by atoms with van der Waals surface area (Å²) >= 11 is 0. The zero-order chi connectivity index (χ0) is 8.39. The van der Waals surface area contributed by atoms with Gasteiger partial charge in [0, 0.05) is 12.5 Å². The predicted molar refractivity (Wildman–Crippen MR) is 47.9 cm³/mol. The molecule has 0 radical (unpaired) electrons.